The Balaban J connectivity index is 1.69. The maximum Gasteiger partial charge on any atom is 0.191 e. The fourth-order valence-corrected chi connectivity index (χ4v) is 4.72. The standard InChI is InChI=1S/C25H41N3O3/c1-4-26-23(27-19-24(11-6-12-24)13-16-29-3)28-20-25(14-17-30-18-15-25)21-7-9-22(10-8-21)31-5-2/h7-10H,4-6,11-20H2,1-3H3,(H2,26,27,28). The molecule has 0 unspecified atom stereocenters. The number of ether oxygens (including phenoxy) is 3. The SMILES string of the molecule is CCNC(=NCC1(CCOC)CCC1)NCC1(c2ccc(OCC)cc2)CCOCC1. The number of nitrogens with one attached hydrogen (secondary N) is 2. The van der Waals surface area contributed by atoms with E-state index >= 15 is 0 Å². The van der Waals surface area contributed by atoms with E-state index in [-0.39, 0.29) is 5.41 Å². The fraction of sp³-hybridized carbons (Fsp3) is 0.720. The van der Waals surface area contributed by atoms with Crippen LogP contribution in [-0.4, -0.2) is 59.1 Å². The van der Waals surface area contributed by atoms with E-state index in [4.69, 9.17) is 19.2 Å². The Kier molecular flexibility index (Phi) is 9.02. The summed E-state index contributed by atoms with van der Waals surface area (Å²) in [6.45, 7) is 9.81. The van der Waals surface area contributed by atoms with Gasteiger partial charge in [-0.25, -0.2) is 0 Å². The molecular formula is C25H41N3O3. The van der Waals surface area contributed by atoms with Gasteiger partial charge >= 0.3 is 0 Å². The molecule has 2 fully saturated rings. The third kappa shape index (κ3) is 6.36. The average molecular weight is 432 g/mol. The van der Waals surface area contributed by atoms with Crippen LogP contribution in [0.4, 0.5) is 0 Å². The van der Waals surface area contributed by atoms with Crippen molar-refractivity contribution in [1.29, 1.82) is 0 Å². The van der Waals surface area contributed by atoms with Gasteiger partial charge in [-0.2, -0.15) is 0 Å². The highest BCUT2D eigenvalue weighted by Crippen LogP contribution is 2.44. The van der Waals surface area contributed by atoms with E-state index < -0.39 is 0 Å². The molecule has 0 spiro atoms. The first-order valence-electron chi connectivity index (χ1n) is 12.0. The van der Waals surface area contributed by atoms with Crippen molar-refractivity contribution < 1.29 is 14.2 Å². The van der Waals surface area contributed by atoms with Crippen LogP contribution in [0.25, 0.3) is 0 Å². The molecule has 0 bridgehead atoms. The highest BCUT2D eigenvalue weighted by atomic mass is 16.5. The van der Waals surface area contributed by atoms with Crippen molar-refractivity contribution in [2.45, 2.75) is 57.8 Å². The largest absolute Gasteiger partial charge is 0.494 e. The minimum Gasteiger partial charge on any atom is -0.494 e. The maximum atomic E-state index is 5.70. The van der Waals surface area contributed by atoms with Gasteiger partial charge in [0.25, 0.3) is 0 Å². The number of rotatable bonds is 11. The summed E-state index contributed by atoms with van der Waals surface area (Å²) in [5.41, 5.74) is 1.71. The lowest BCUT2D eigenvalue weighted by Gasteiger charge is -2.41. The Morgan fingerprint density at radius 1 is 1.06 bits per heavy atom. The van der Waals surface area contributed by atoms with Gasteiger partial charge in [0, 0.05) is 52.0 Å². The molecule has 0 atom stereocenters. The first-order valence-corrected chi connectivity index (χ1v) is 12.0. The van der Waals surface area contributed by atoms with Crippen molar-refractivity contribution in [3.63, 3.8) is 0 Å². The molecule has 0 radical (unpaired) electrons. The lowest BCUT2D eigenvalue weighted by molar-refractivity contribution is 0.0513. The van der Waals surface area contributed by atoms with Gasteiger partial charge in [-0.15, -0.1) is 0 Å². The molecule has 1 aromatic rings. The monoisotopic (exact) mass is 431 g/mol. The summed E-state index contributed by atoms with van der Waals surface area (Å²) in [6.07, 6.45) is 6.93. The molecule has 2 aliphatic rings. The molecule has 1 aliphatic heterocycles. The van der Waals surface area contributed by atoms with Crippen LogP contribution < -0.4 is 15.4 Å². The third-order valence-electron chi connectivity index (χ3n) is 6.99. The minimum atomic E-state index is 0.0450. The Labute approximate surface area is 188 Å². The fourth-order valence-electron chi connectivity index (χ4n) is 4.72. The summed E-state index contributed by atoms with van der Waals surface area (Å²) in [7, 11) is 1.79. The van der Waals surface area contributed by atoms with E-state index in [1.807, 2.05) is 6.92 Å². The van der Waals surface area contributed by atoms with E-state index in [0.717, 1.165) is 70.4 Å². The van der Waals surface area contributed by atoms with E-state index in [2.05, 4.69) is 41.8 Å². The summed E-state index contributed by atoms with van der Waals surface area (Å²) in [4.78, 5) is 5.00. The van der Waals surface area contributed by atoms with Gasteiger partial charge in [0.2, 0.25) is 0 Å². The van der Waals surface area contributed by atoms with E-state index in [1.54, 1.807) is 7.11 Å². The Morgan fingerprint density at radius 2 is 1.81 bits per heavy atom. The topological polar surface area (TPSA) is 64.1 Å². The van der Waals surface area contributed by atoms with Crippen LogP contribution in [-0.2, 0) is 14.9 Å². The zero-order valence-electron chi connectivity index (χ0n) is 19.7. The molecule has 1 saturated carbocycles. The zero-order chi connectivity index (χ0) is 22.0. The lowest BCUT2D eigenvalue weighted by atomic mass is 9.67. The summed E-state index contributed by atoms with van der Waals surface area (Å²) in [5, 5.41) is 7.12. The molecule has 0 amide bonds. The number of nitrogens with zero attached hydrogens (tertiary/aromatic N) is 1. The molecule has 1 aromatic carbocycles. The van der Waals surface area contributed by atoms with Crippen LogP contribution in [0.3, 0.4) is 0 Å². The van der Waals surface area contributed by atoms with Crippen LogP contribution in [0.5, 0.6) is 5.75 Å². The maximum absolute atomic E-state index is 5.70. The molecule has 1 saturated heterocycles. The van der Waals surface area contributed by atoms with E-state index in [9.17, 15) is 0 Å². The number of guanidine groups is 1. The van der Waals surface area contributed by atoms with E-state index in [1.165, 1.54) is 24.8 Å². The van der Waals surface area contributed by atoms with Gasteiger partial charge in [-0.05, 0) is 69.1 Å². The normalized spacial score (nSPS) is 20.0. The predicted molar refractivity (Wildman–Crippen MR) is 126 cm³/mol. The molecule has 6 nitrogen and oxygen atoms in total. The van der Waals surface area contributed by atoms with Crippen molar-refractivity contribution in [3.05, 3.63) is 29.8 Å². The third-order valence-corrected chi connectivity index (χ3v) is 6.99. The first-order chi connectivity index (χ1) is 15.2. The van der Waals surface area contributed by atoms with Crippen LogP contribution >= 0.6 is 0 Å². The van der Waals surface area contributed by atoms with Crippen LogP contribution in [0.15, 0.2) is 29.3 Å². The number of benzene rings is 1. The first kappa shape index (κ1) is 23.9. The number of hydrogen-bond donors (Lipinski definition) is 2. The Hall–Kier alpha value is -1.79. The second kappa shape index (κ2) is 11.7. The van der Waals surface area contributed by atoms with Gasteiger partial charge < -0.3 is 24.8 Å². The van der Waals surface area contributed by atoms with Gasteiger partial charge in [0.05, 0.1) is 6.61 Å². The van der Waals surface area contributed by atoms with Crippen LogP contribution in [0.2, 0.25) is 0 Å². The summed E-state index contributed by atoms with van der Waals surface area (Å²) >= 11 is 0. The smallest absolute Gasteiger partial charge is 0.191 e. The highest BCUT2D eigenvalue weighted by molar-refractivity contribution is 5.80. The van der Waals surface area contributed by atoms with Gasteiger partial charge in [-0.1, -0.05) is 18.6 Å². The van der Waals surface area contributed by atoms with Crippen LogP contribution in [0, 0.1) is 5.41 Å². The van der Waals surface area contributed by atoms with E-state index in [0.29, 0.717) is 12.0 Å². The van der Waals surface area contributed by atoms with Gasteiger partial charge in [-0.3, -0.25) is 4.99 Å². The second-order valence-electron chi connectivity index (χ2n) is 9.00. The predicted octanol–water partition coefficient (Wildman–Crippen LogP) is 3.90. The molecule has 3 rings (SSSR count). The van der Waals surface area contributed by atoms with Crippen molar-refractivity contribution in [1.82, 2.24) is 10.6 Å². The van der Waals surface area contributed by atoms with Crippen molar-refractivity contribution in [2.75, 3.05) is 53.2 Å². The number of hydrogen-bond acceptors (Lipinski definition) is 4. The Bertz CT molecular complexity index is 680. The highest BCUT2D eigenvalue weighted by Gasteiger charge is 2.37. The molecule has 31 heavy (non-hydrogen) atoms. The van der Waals surface area contributed by atoms with Crippen molar-refractivity contribution in [2.24, 2.45) is 10.4 Å². The summed E-state index contributed by atoms with van der Waals surface area (Å²) < 4.78 is 16.7. The number of aliphatic imine (C=N–C) groups is 1. The van der Waals surface area contributed by atoms with Crippen molar-refractivity contribution >= 4 is 5.96 Å². The lowest BCUT2D eigenvalue weighted by Crippen LogP contribution is -2.48. The average Bonchev–Trinajstić information content (AvgIpc) is 2.78. The molecular weight excluding hydrogens is 390 g/mol. The van der Waals surface area contributed by atoms with Crippen LogP contribution in [0.1, 0.15) is 57.9 Å². The van der Waals surface area contributed by atoms with Gasteiger partial charge in [0.1, 0.15) is 5.75 Å². The molecule has 1 heterocycles. The summed E-state index contributed by atoms with van der Waals surface area (Å²) in [6, 6.07) is 8.61. The Morgan fingerprint density at radius 3 is 2.39 bits per heavy atom. The molecule has 1 aliphatic carbocycles. The van der Waals surface area contributed by atoms with Crippen molar-refractivity contribution in [3.8, 4) is 5.75 Å². The molecule has 174 valence electrons. The second-order valence-corrected chi connectivity index (χ2v) is 9.00. The quantitative estimate of drug-likeness (QED) is 0.411. The summed E-state index contributed by atoms with van der Waals surface area (Å²) in [5.74, 6) is 1.85. The molecule has 6 heteroatoms. The minimum absolute atomic E-state index is 0.0450. The molecule has 2 N–H and O–H groups in total. The van der Waals surface area contributed by atoms with Gasteiger partial charge in [0.15, 0.2) is 5.96 Å². The molecule has 0 aromatic heterocycles. The zero-order valence-corrected chi connectivity index (χ0v) is 19.7. The number of methoxy groups -OCH3 is 1.